The number of nitrogens with zero attached hydrogens (tertiary/aromatic N) is 1. The van der Waals surface area contributed by atoms with Gasteiger partial charge in [0, 0.05) is 29.0 Å². The largest absolute Gasteiger partial charge is 0.392 e. The van der Waals surface area contributed by atoms with Crippen LogP contribution in [0, 0.1) is 5.92 Å². The van der Waals surface area contributed by atoms with E-state index in [1.165, 1.54) is 28.2 Å². The number of rotatable bonds is 6. The number of para-hydroxylation sites is 1. The number of carbonyl (C=O) groups excluding carboxylic acids is 1. The van der Waals surface area contributed by atoms with E-state index in [0.717, 1.165) is 11.3 Å². The van der Waals surface area contributed by atoms with Gasteiger partial charge < -0.3 is 9.67 Å². The lowest BCUT2D eigenvalue weighted by Crippen LogP contribution is -2.24. The molecule has 0 unspecified atom stereocenters. The molecule has 3 aromatic rings. The molecule has 3 rings (SSSR count). The molecule has 0 spiro atoms. The molecule has 2 atom stereocenters. The summed E-state index contributed by atoms with van der Waals surface area (Å²) in [6.45, 7) is 1.81. The fourth-order valence-electron chi connectivity index (χ4n) is 3.03. The van der Waals surface area contributed by atoms with Crippen molar-refractivity contribution < 1.29 is 9.90 Å². The van der Waals surface area contributed by atoms with Gasteiger partial charge in [-0.15, -0.1) is 0 Å². The van der Waals surface area contributed by atoms with Crippen molar-refractivity contribution in [3.8, 4) is 0 Å². The van der Waals surface area contributed by atoms with Gasteiger partial charge in [0.2, 0.25) is 0 Å². The molecule has 0 bridgehead atoms. The predicted octanol–water partition coefficient (Wildman–Crippen LogP) is 4.43. The summed E-state index contributed by atoms with van der Waals surface area (Å²) in [7, 11) is 2.03. The Morgan fingerprint density at radius 3 is 2.56 bits per heavy atom. The Bertz CT molecular complexity index is 857. The summed E-state index contributed by atoms with van der Waals surface area (Å²) in [5.41, 5.74) is 2.41. The second-order valence-corrected chi connectivity index (χ2v) is 7.49. The molecule has 0 fully saturated rings. The van der Waals surface area contributed by atoms with Crippen LogP contribution in [-0.2, 0) is 18.3 Å². The van der Waals surface area contributed by atoms with Gasteiger partial charge in [-0.3, -0.25) is 4.79 Å². The number of hydrogen-bond acceptors (Lipinski definition) is 3. The van der Waals surface area contributed by atoms with Gasteiger partial charge in [-0.25, -0.2) is 0 Å². The summed E-state index contributed by atoms with van der Waals surface area (Å²) in [6, 6.07) is 17.9. The van der Waals surface area contributed by atoms with Gasteiger partial charge in [-0.1, -0.05) is 55.1 Å². The molecule has 0 radical (unpaired) electrons. The predicted molar refractivity (Wildman–Crippen MR) is 104 cm³/mol. The van der Waals surface area contributed by atoms with E-state index in [2.05, 4.69) is 22.9 Å². The highest BCUT2D eigenvalue weighted by molar-refractivity contribution is 8.13. The van der Waals surface area contributed by atoms with E-state index in [9.17, 15) is 9.90 Å². The molecule has 130 valence electrons. The molecule has 1 aromatic heterocycles. The van der Waals surface area contributed by atoms with Crippen LogP contribution in [-0.4, -0.2) is 20.9 Å². The summed E-state index contributed by atoms with van der Waals surface area (Å²) in [5, 5.41) is 11.7. The van der Waals surface area contributed by atoms with E-state index in [1.807, 2.05) is 56.4 Å². The van der Waals surface area contributed by atoms with Crippen molar-refractivity contribution in [3.05, 3.63) is 66.4 Å². The van der Waals surface area contributed by atoms with E-state index in [1.54, 1.807) is 0 Å². The maximum Gasteiger partial charge on any atom is 0.199 e. The topological polar surface area (TPSA) is 42.2 Å². The van der Waals surface area contributed by atoms with E-state index < -0.39 is 6.10 Å². The van der Waals surface area contributed by atoms with Gasteiger partial charge in [-0.2, -0.15) is 0 Å². The molecule has 1 heterocycles. The number of fused-ring (bicyclic) bond motifs is 1. The number of carbonyl (C=O) groups is 1. The molecule has 1 N–H and O–H groups in total. The molecular formula is C21H23NO2S. The van der Waals surface area contributed by atoms with Crippen molar-refractivity contribution in [1.82, 2.24) is 4.57 Å². The van der Waals surface area contributed by atoms with Crippen LogP contribution in [0.5, 0.6) is 0 Å². The van der Waals surface area contributed by atoms with E-state index in [4.69, 9.17) is 0 Å². The number of benzene rings is 2. The fourth-order valence-corrected chi connectivity index (χ4v) is 3.90. The zero-order chi connectivity index (χ0) is 17.8. The highest BCUT2D eigenvalue weighted by Gasteiger charge is 2.23. The monoisotopic (exact) mass is 353 g/mol. The Morgan fingerprint density at radius 1 is 1.12 bits per heavy atom. The minimum absolute atomic E-state index is 0.0108. The Hall–Kier alpha value is -2.04. The average molecular weight is 353 g/mol. The van der Waals surface area contributed by atoms with E-state index >= 15 is 0 Å². The highest BCUT2D eigenvalue weighted by Crippen LogP contribution is 2.26. The first kappa shape index (κ1) is 17.8. The average Bonchev–Trinajstić information content (AvgIpc) is 2.96. The lowest BCUT2D eigenvalue weighted by molar-refractivity contribution is -0.117. The van der Waals surface area contributed by atoms with Gasteiger partial charge in [-0.05, 0) is 36.6 Å². The molecule has 4 heteroatoms. The van der Waals surface area contributed by atoms with Crippen molar-refractivity contribution in [2.75, 3.05) is 0 Å². The number of aliphatic hydroxyl groups excluding tert-OH is 1. The Morgan fingerprint density at radius 2 is 1.80 bits per heavy atom. The van der Waals surface area contributed by atoms with Gasteiger partial charge in [0.15, 0.2) is 5.12 Å². The molecule has 0 aliphatic rings. The van der Waals surface area contributed by atoms with Crippen LogP contribution in [0.2, 0.25) is 0 Å². The van der Waals surface area contributed by atoms with Gasteiger partial charge in [0.25, 0.3) is 0 Å². The van der Waals surface area contributed by atoms with E-state index in [-0.39, 0.29) is 11.0 Å². The molecule has 0 aliphatic carbocycles. The van der Waals surface area contributed by atoms with Crippen LogP contribution < -0.4 is 0 Å². The second kappa shape index (κ2) is 7.89. The number of aromatic nitrogens is 1. The maximum atomic E-state index is 12.4. The van der Waals surface area contributed by atoms with Crippen LogP contribution in [0.4, 0.5) is 0 Å². The van der Waals surface area contributed by atoms with Crippen molar-refractivity contribution in [2.45, 2.75) is 30.8 Å². The first-order valence-corrected chi connectivity index (χ1v) is 9.35. The van der Waals surface area contributed by atoms with Crippen molar-refractivity contribution in [3.63, 3.8) is 0 Å². The van der Waals surface area contributed by atoms with Crippen LogP contribution in [0.25, 0.3) is 10.9 Å². The number of thioether (sulfide) groups is 1. The van der Waals surface area contributed by atoms with E-state index in [0.29, 0.717) is 6.42 Å². The molecular weight excluding hydrogens is 330 g/mol. The standard InChI is InChI=1S/C21H23NO2S/c1-15(21(24)25-17-8-4-3-5-9-17)20(23)13-12-16-14-22(2)19-11-7-6-10-18(16)19/h3-11,14-15,20,23H,12-13H2,1-2H3/t15-,20+/m0/s1. The lowest BCUT2D eigenvalue weighted by Gasteiger charge is -2.17. The summed E-state index contributed by atoms with van der Waals surface area (Å²) < 4.78 is 2.11. The Kier molecular flexibility index (Phi) is 5.61. The smallest absolute Gasteiger partial charge is 0.199 e. The second-order valence-electron chi connectivity index (χ2n) is 6.41. The summed E-state index contributed by atoms with van der Waals surface area (Å²) in [5.74, 6) is -0.389. The molecule has 0 saturated carbocycles. The number of aryl methyl sites for hydroxylation is 2. The minimum atomic E-state index is -0.636. The summed E-state index contributed by atoms with van der Waals surface area (Å²) in [4.78, 5) is 13.3. The van der Waals surface area contributed by atoms with Gasteiger partial charge >= 0.3 is 0 Å². The maximum absolute atomic E-state index is 12.4. The van der Waals surface area contributed by atoms with Crippen LogP contribution in [0.15, 0.2) is 65.7 Å². The molecule has 0 saturated heterocycles. The highest BCUT2D eigenvalue weighted by atomic mass is 32.2. The van der Waals surface area contributed by atoms with Crippen molar-refractivity contribution >= 4 is 27.8 Å². The first-order chi connectivity index (χ1) is 12.1. The zero-order valence-corrected chi connectivity index (χ0v) is 15.4. The van der Waals surface area contributed by atoms with Crippen molar-refractivity contribution in [1.29, 1.82) is 0 Å². The minimum Gasteiger partial charge on any atom is -0.392 e. The lowest BCUT2D eigenvalue weighted by atomic mass is 9.98. The molecule has 3 nitrogen and oxygen atoms in total. The Balaban J connectivity index is 1.61. The SMILES string of the molecule is C[C@H](C(=O)Sc1ccccc1)[C@H](O)CCc1cn(C)c2ccccc12. The Labute approximate surface area is 152 Å². The third-order valence-electron chi connectivity index (χ3n) is 4.60. The third-order valence-corrected chi connectivity index (χ3v) is 5.68. The zero-order valence-electron chi connectivity index (χ0n) is 14.6. The summed E-state index contributed by atoms with van der Waals surface area (Å²) in [6.07, 6.45) is 2.82. The quantitative estimate of drug-likeness (QED) is 0.667. The number of hydrogen-bond donors (Lipinski definition) is 1. The number of aliphatic hydroxyl groups is 1. The molecule has 2 aromatic carbocycles. The molecule has 25 heavy (non-hydrogen) atoms. The van der Waals surface area contributed by atoms with Crippen molar-refractivity contribution in [2.24, 2.45) is 13.0 Å². The van der Waals surface area contributed by atoms with Gasteiger partial charge in [0.05, 0.1) is 12.0 Å². The van der Waals surface area contributed by atoms with Crippen LogP contribution in [0.3, 0.4) is 0 Å². The first-order valence-electron chi connectivity index (χ1n) is 8.54. The molecule has 0 aliphatic heterocycles. The normalized spacial score (nSPS) is 13.7. The van der Waals surface area contributed by atoms with Crippen LogP contribution >= 0.6 is 11.8 Å². The molecule has 0 amide bonds. The fraction of sp³-hybridized carbons (Fsp3) is 0.286. The third kappa shape index (κ3) is 4.14. The summed E-state index contributed by atoms with van der Waals surface area (Å²) >= 11 is 1.21. The van der Waals surface area contributed by atoms with Crippen LogP contribution in [0.1, 0.15) is 18.9 Å². The van der Waals surface area contributed by atoms with Gasteiger partial charge in [0.1, 0.15) is 0 Å².